The minimum atomic E-state index is 0. The van der Waals surface area contributed by atoms with Crippen LogP contribution in [-0.4, -0.2) is 70.8 Å². The first-order valence-corrected chi connectivity index (χ1v) is 6.52. The van der Waals surface area contributed by atoms with E-state index in [1.54, 1.807) is 0 Å². The third-order valence-electron chi connectivity index (χ3n) is 0. The van der Waals surface area contributed by atoms with E-state index >= 15 is 0 Å². The van der Waals surface area contributed by atoms with Crippen molar-refractivity contribution < 1.29 is 47.0 Å². The number of hydrogen-bond donors (Lipinski definition) is 0. The molecule has 0 spiro atoms. The van der Waals surface area contributed by atoms with Gasteiger partial charge < -0.3 is 0 Å². The zero-order chi connectivity index (χ0) is 2.00. The molecule has 6 heavy (non-hydrogen) atoms. The van der Waals surface area contributed by atoms with Gasteiger partial charge in [-0.1, -0.05) is 0 Å². The van der Waals surface area contributed by atoms with E-state index in [2.05, 4.69) is 12.9 Å². The van der Waals surface area contributed by atoms with E-state index in [0.29, 0.717) is 0 Å². The Labute approximate surface area is 115 Å². The Kier molecular flexibility index (Phi) is 191. The van der Waals surface area contributed by atoms with Gasteiger partial charge in [-0.3, -0.25) is 0 Å². The van der Waals surface area contributed by atoms with Crippen LogP contribution in [0, 0.1) is 0 Å². The van der Waals surface area contributed by atoms with E-state index in [9.17, 15) is 0 Å². The van der Waals surface area contributed by atoms with Crippen molar-refractivity contribution in [2.75, 3.05) is 0 Å². The van der Waals surface area contributed by atoms with Crippen LogP contribution in [0.2, 0.25) is 0 Å². The van der Waals surface area contributed by atoms with Gasteiger partial charge >= 0.3 is 83.7 Å². The van der Waals surface area contributed by atoms with Gasteiger partial charge in [-0.05, 0) is 0 Å². The normalized spacial score (nSPS) is 0.833. The summed E-state index contributed by atoms with van der Waals surface area (Å²) in [5.41, 5.74) is 0. The molecule has 46 valence electrons. The first-order valence-electron chi connectivity index (χ1n) is 0.236. The predicted octanol–water partition coefficient (Wildman–Crippen LogP) is -3.02. The Morgan fingerprint density at radius 3 is 1.17 bits per heavy atom. The first kappa shape index (κ1) is 32.2. The Hall–Kier alpha value is 4.07. The maximum atomic E-state index is 2.76. The molecule has 0 amide bonds. The summed E-state index contributed by atoms with van der Waals surface area (Å²) in [5, 5.41) is 0. The van der Waals surface area contributed by atoms with Gasteiger partial charge in [0.05, 0.1) is 0 Å². The molecule has 0 aliphatic carbocycles. The quantitative estimate of drug-likeness (QED) is 0.251. The van der Waals surface area contributed by atoms with Crippen LogP contribution in [0.4, 0.5) is 0 Å². The minimum absolute atomic E-state index is 0. The third-order valence-corrected chi connectivity index (χ3v) is 0. The Morgan fingerprint density at radius 2 is 1.17 bits per heavy atom. The second kappa shape index (κ2) is 35.7. The van der Waals surface area contributed by atoms with E-state index in [1.807, 2.05) is 0 Å². The molecule has 0 aromatic heterocycles. The molecule has 6 heteroatoms. The van der Waals surface area contributed by atoms with E-state index < -0.39 is 0 Å². The molecule has 0 aliphatic rings. The van der Waals surface area contributed by atoms with Gasteiger partial charge in [-0.15, -0.1) is 0 Å². The zero-order valence-corrected chi connectivity index (χ0v) is 19.2. The summed E-state index contributed by atoms with van der Waals surface area (Å²) >= 11 is 3.98. The number of rotatable bonds is 0. The molecule has 0 nitrogen and oxygen atoms in total. The molecule has 0 N–H and O–H groups in total. The fourth-order valence-corrected chi connectivity index (χ4v) is 0. The average Bonchev–Trinajstić information content (AvgIpc) is 1.00. The van der Waals surface area contributed by atoms with E-state index in [0.717, 1.165) is 0 Å². The van der Waals surface area contributed by atoms with E-state index in [1.165, 1.54) is 20.7 Å². The van der Waals surface area contributed by atoms with Crippen molar-refractivity contribution in [3.8, 4) is 0 Å². The zero-order valence-electron chi connectivity index (χ0n) is 3.05. The van der Waals surface area contributed by atoms with Gasteiger partial charge in [-0.2, -0.15) is 0 Å². The van der Waals surface area contributed by atoms with Crippen molar-refractivity contribution in [2.24, 2.45) is 0 Å². The molecular weight excluding hydrogens is 621 g/mol. The Balaban J connectivity index is -0.000000000833. The van der Waals surface area contributed by atoms with Gasteiger partial charge in [0.15, 0.2) is 0 Å². The fraction of sp³-hybridized carbons (Fsp3) is 0. The standard InChI is InChI=1S/Bi.Cr.Cu.Fe.Sb.Sn.7H. The molecule has 0 bridgehead atoms. The molecule has 0 saturated carbocycles. The van der Waals surface area contributed by atoms with Crippen LogP contribution in [0.3, 0.4) is 0 Å². The van der Waals surface area contributed by atoms with Crippen molar-refractivity contribution in [1.82, 2.24) is 0 Å². The van der Waals surface area contributed by atoms with Gasteiger partial charge in [0.2, 0.25) is 0 Å². The van der Waals surface area contributed by atoms with E-state index in [-0.39, 0.29) is 84.2 Å². The molecule has 0 heterocycles. The summed E-state index contributed by atoms with van der Waals surface area (Å²) in [6.07, 6.45) is 0. The monoisotopic (exact) mass is 628 g/mol. The summed E-state index contributed by atoms with van der Waals surface area (Å²) in [6.45, 7) is 0. The van der Waals surface area contributed by atoms with Crippen LogP contribution in [0.15, 0.2) is 0 Å². The molecule has 0 fully saturated rings. The number of hydrogen-bond acceptors (Lipinski definition) is 0. The van der Waals surface area contributed by atoms with Crippen LogP contribution in [0.5, 0.6) is 0 Å². The van der Waals surface area contributed by atoms with Gasteiger partial charge in [-0.25, -0.2) is 0 Å². The van der Waals surface area contributed by atoms with Crippen molar-refractivity contribution >= 4 is 70.8 Å². The molecule has 0 aliphatic heterocycles. The maximum absolute atomic E-state index is 2.76. The molecule has 3 radical (unpaired) electrons. The molecule has 0 unspecified atom stereocenters. The van der Waals surface area contributed by atoms with Crippen LogP contribution >= 0.6 is 0 Å². The van der Waals surface area contributed by atoms with Crippen LogP contribution in [-0.2, 0) is 47.0 Å². The van der Waals surface area contributed by atoms with Crippen LogP contribution in [0.25, 0.3) is 0 Å². The van der Waals surface area contributed by atoms with Crippen molar-refractivity contribution in [2.45, 2.75) is 0 Å². The molecule has 0 aromatic carbocycles. The summed E-state index contributed by atoms with van der Waals surface area (Å²) < 4.78 is 0. The van der Waals surface area contributed by atoms with Crippen LogP contribution < -0.4 is 0 Å². The van der Waals surface area contributed by atoms with Crippen molar-refractivity contribution in [3.05, 3.63) is 0 Å². The van der Waals surface area contributed by atoms with Gasteiger partial charge in [0, 0.05) is 34.1 Å². The van der Waals surface area contributed by atoms with Crippen LogP contribution in [0.1, 0.15) is 0 Å². The predicted molar refractivity (Wildman–Crippen MR) is 27.0 cm³/mol. The second-order valence-corrected chi connectivity index (χ2v) is 0. The molecular formula is H7BiCrCuFeSbSn. The molecule has 0 aromatic rings. The van der Waals surface area contributed by atoms with Crippen molar-refractivity contribution in [3.63, 3.8) is 0 Å². The average molecular weight is 628 g/mol. The van der Waals surface area contributed by atoms with Gasteiger partial charge in [0.25, 0.3) is 0 Å². The summed E-state index contributed by atoms with van der Waals surface area (Å²) in [4.78, 5) is 0. The Bertz CT molecular complexity index is 15.5. The Morgan fingerprint density at radius 1 is 1.17 bits per heavy atom. The molecule has 0 rings (SSSR count). The second-order valence-electron chi connectivity index (χ2n) is 0. The summed E-state index contributed by atoms with van der Waals surface area (Å²) in [6, 6.07) is 0. The SMILES string of the molecule is [BiH3].[Cr][SbH2].[Cu].[Fe].[SnH2]. The fourth-order valence-electron chi connectivity index (χ4n) is 0. The molecule has 0 saturated heterocycles. The van der Waals surface area contributed by atoms with E-state index in [4.69, 9.17) is 0 Å². The third kappa shape index (κ3) is 24.3. The summed E-state index contributed by atoms with van der Waals surface area (Å²) in [5.74, 6) is 0. The van der Waals surface area contributed by atoms with Gasteiger partial charge in [0.1, 0.15) is 0 Å². The first-order chi connectivity index (χ1) is 1.00. The summed E-state index contributed by atoms with van der Waals surface area (Å²) in [7, 11) is 0. The topological polar surface area (TPSA) is 0 Å². The van der Waals surface area contributed by atoms with Crippen molar-refractivity contribution in [1.29, 1.82) is 0 Å². The molecule has 0 atom stereocenters.